The van der Waals surface area contributed by atoms with Gasteiger partial charge in [-0.3, -0.25) is 9.59 Å². The van der Waals surface area contributed by atoms with Crippen molar-refractivity contribution in [2.45, 2.75) is 12.8 Å². The smallest absolute Gasteiger partial charge is 0.262 e. The first-order valence-electron chi connectivity index (χ1n) is 7.70. The maximum atomic E-state index is 12.8. The molecule has 0 spiro atoms. The van der Waals surface area contributed by atoms with Crippen LogP contribution >= 0.6 is 0 Å². The lowest BCUT2D eigenvalue weighted by atomic mass is 10.3. The third-order valence-electron chi connectivity index (χ3n) is 3.70. The second kappa shape index (κ2) is 7.12. The molecule has 0 unspecified atom stereocenters. The molecule has 124 valence electrons. The Morgan fingerprint density at radius 1 is 1.21 bits per heavy atom. The van der Waals surface area contributed by atoms with Gasteiger partial charge < -0.3 is 15.0 Å². The highest BCUT2D eigenvalue weighted by molar-refractivity contribution is 5.95. The third-order valence-corrected chi connectivity index (χ3v) is 3.70. The average molecular weight is 328 g/mol. The summed E-state index contributed by atoms with van der Waals surface area (Å²) in [6.07, 6.45) is 1.41. The molecule has 1 heterocycles. The van der Waals surface area contributed by atoms with Crippen LogP contribution in [0, 0.1) is 5.82 Å². The van der Waals surface area contributed by atoms with Crippen molar-refractivity contribution in [1.82, 2.24) is 0 Å². The Morgan fingerprint density at radius 2 is 2.00 bits per heavy atom. The molecule has 2 amide bonds. The maximum Gasteiger partial charge on any atom is 0.262 e. The quantitative estimate of drug-likeness (QED) is 0.918. The lowest BCUT2D eigenvalue weighted by Gasteiger charge is -2.16. The fourth-order valence-electron chi connectivity index (χ4n) is 2.54. The van der Waals surface area contributed by atoms with Crippen LogP contribution in [-0.4, -0.2) is 25.0 Å². The van der Waals surface area contributed by atoms with E-state index in [-0.39, 0.29) is 24.2 Å². The Balaban J connectivity index is 1.57. The highest BCUT2D eigenvalue weighted by Gasteiger charge is 2.21. The van der Waals surface area contributed by atoms with Gasteiger partial charge in [0.25, 0.3) is 5.91 Å². The van der Waals surface area contributed by atoms with Gasteiger partial charge in [-0.1, -0.05) is 6.07 Å². The van der Waals surface area contributed by atoms with E-state index in [4.69, 9.17) is 4.74 Å². The first-order chi connectivity index (χ1) is 11.6. The van der Waals surface area contributed by atoms with E-state index < -0.39 is 0 Å². The number of hydrogen-bond donors (Lipinski definition) is 1. The molecule has 1 aliphatic rings. The molecule has 3 rings (SSSR count). The zero-order valence-electron chi connectivity index (χ0n) is 13.0. The molecule has 1 fully saturated rings. The summed E-state index contributed by atoms with van der Waals surface area (Å²) in [4.78, 5) is 25.4. The Morgan fingerprint density at radius 3 is 2.71 bits per heavy atom. The fraction of sp³-hybridized carbons (Fsp3) is 0.222. The van der Waals surface area contributed by atoms with Crippen molar-refractivity contribution < 1.29 is 18.7 Å². The van der Waals surface area contributed by atoms with Crippen molar-refractivity contribution in [2.24, 2.45) is 0 Å². The molecule has 0 aromatic heterocycles. The molecule has 24 heavy (non-hydrogen) atoms. The molecule has 0 aliphatic carbocycles. The SMILES string of the molecule is O=C(COc1cccc(N2CCCC2=O)c1)Nc1ccc(F)cc1. The summed E-state index contributed by atoms with van der Waals surface area (Å²) in [5.74, 6) is -0.0931. The van der Waals surface area contributed by atoms with Crippen LogP contribution in [0.4, 0.5) is 15.8 Å². The number of carbonyl (C=O) groups excluding carboxylic acids is 2. The van der Waals surface area contributed by atoms with Crippen molar-refractivity contribution in [3.63, 3.8) is 0 Å². The van der Waals surface area contributed by atoms with E-state index in [1.54, 1.807) is 23.1 Å². The lowest BCUT2D eigenvalue weighted by molar-refractivity contribution is -0.118. The summed E-state index contributed by atoms with van der Waals surface area (Å²) >= 11 is 0. The van der Waals surface area contributed by atoms with Gasteiger partial charge in [0.15, 0.2) is 6.61 Å². The number of amides is 2. The summed E-state index contributed by atoms with van der Waals surface area (Å²) in [5.41, 5.74) is 1.27. The van der Waals surface area contributed by atoms with E-state index >= 15 is 0 Å². The van der Waals surface area contributed by atoms with E-state index in [1.165, 1.54) is 24.3 Å². The van der Waals surface area contributed by atoms with Gasteiger partial charge in [0.05, 0.1) is 0 Å². The maximum absolute atomic E-state index is 12.8. The molecular weight excluding hydrogens is 311 g/mol. The number of halogens is 1. The Bertz CT molecular complexity index is 746. The zero-order chi connectivity index (χ0) is 16.9. The van der Waals surface area contributed by atoms with Crippen LogP contribution in [0.25, 0.3) is 0 Å². The van der Waals surface area contributed by atoms with Crippen molar-refractivity contribution >= 4 is 23.2 Å². The van der Waals surface area contributed by atoms with Gasteiger partial charge in [-0.2, -0.15) is 0 Å². The topological polar surface area (TPSA) is 58.6 Å². The average Bonchev–Trinajstić information content (AvgIpc) is 3.01. The summed E-state index contributed by atoms with van der Waals surface area (Å²) in [7, 11) is 0. The lowest BCUT2D eigenvalue weighted by Crippen LogP contribution is -2.24. The molecule has 0 bridgehead atoms. The number of rotatable bonds is 5. The van der Waals surface area contributed by atoms with Gasteiger partial charge in [-0.05, 0) is 42.8 Å². The standard InChI is InChI=1S/C18H17FN2O3/c19-13-6-8-14(9-7-13)20-17(22)12-24-16-4-1-3-15(11-16)21-10-2-5-18(21)23/h1,3-4,6-9,11H,2,5,10,12H2,(H,20,22). The van der Waals surface area contributed by atoms with E-state index in [0.29, 0.717) is 24.4 Å². The molecule has 0 atom stereocenters. The molecule has 0 radical (unpaired) electrons. The van der Waals surface area contributed by atoms with Crippen molar-refractivity contribution in [3.8, 4) is 5.75 Å². The van der Waals surface area contributed by atoms with Gasteiger partial charge in [0, 0.05) is 30.4 Å². The van der Waals surface area contributed by atoms with Crippen LogP contribution in [0.3, 0.4) is 0 Å². The summed E-state index contributed by atoms with van der Waals surface area (Å²) < 4.78 is 18.3. The normalized spacial score (nSPS) is 13.9. The molecule has 5 nitrogen and oxygen atoms in total. The van der Waals surface area contributed by atoms with Crippen LogP contribution in [-0.2, 0) is 9.59 Å². The highest BCUT2D eigenvalue weighted by atomic mass is 19.1. The number of benzene rings is 2. The number of hydrogen-bond acceptors (Lipinski definition) is 3. The third kappa shape index (κ3) is 3.90. The highest BCUT2D eigenvalue weighted by Crippen LogP contribution is 2.25. The predicted octanol–water partition coefficient (Wildman–Crippen LogP) is 2.97. The first-order valence-corrected chi connectivity index (χ1v) is 7.70. The number of nitrogens with zero attached hydrogens (tertiary/aromatic N) is 1. The van der Waals surface area contributed by atoms with Crippen LogP contribution in [0.5, 0.6) is 5.75 Å². The molecule has 2 aromatic rings. The molecule has 1 saturated heterocycles. The van der Waals surface area contributed by atoms with E-state index in [1.807, 2.05) is 6.07 Å². The van der Waals surface area contributed by atoms with Gasteiger partial charge in [-0.25, -0.2) is 4.39 Å². The van der Waals surface area contributed by atoms with Crippen LogP contribution in [0.1, 0.15) is 12.8 Å². The van der Waals surface area contributed by atoms with Gasteiger partial charge in [0.1, 0.15) is 11.6 Å². The minimum Gasteiger partial charge on any atom is -0.484 e. The molecule has 1 N–H and O–H groups in total. The van der Waals surface area contributed by atoms with E-state index in [0.717, 1.165) is 12.1 Å². The molecule has 6 heteroatoms. The predicted molar refractivity (Wildman–Crippen MR) is 88.6 cm³/mol. The number of nitrogens with one attached hydrogen (secondary N) is 1. The Labute approximate surface area is 139 Å². The summed E-state index contributed by atoms with van der Waals surface area (Å²) in [6.45, 7) is 0.530. The molecule has 0 saturated carbocycles. The van der Waals surface area contributed by atoms with Gasteiger partial charge in [-0.15, -0.1) is 0 Å². The number of ether oxygens (including phenoxy) is 1. The summed E-state index contributed by atoms with van der Waals surface area (Å²) in [6, 6.07) is 12.6. The fourth-order valence-corrected chi connectivity index (χ4v) is 2.54. The molecule has 2 aromatic carbocycles. The second-order valence-electron chi connectivity index (χ2n) is 5.49. The van der Waals surface area contributed by atoms with Gasteiger partial charge in [0.2, 0.25) is 5.91 Å². The van der Waals surface area contributed by atoms with Gasteiger partial charge >= 0.3 is 0 Å². The molecule has 1 aliphatic heterocycles. The van der Waals surface area contributed by atoms with Crippen LogP contribution in [0.15, 0.2) is 48.5 Å². The van der Waals surface area contributed by atoms with Crippen LogP contribution in [0.2, 0.25) is 0 Å². The van der Waals surface area contributed by atoms with E-state index in [9.17, 15) is 14.0 Å². The Hall–Kier alpha value is -2.89. The largest absolute Gasteiger partial charge is 0.484 e. The van der Waals surface area contributed by atoms with Crippen molar-refractivity contribution in [3.05, 3.63) is 54.3 Å². The van der Waals surface area contributed by atoms with Crippen molar-refractivity contribution in [2.75, 3.05) is 23.4 Å². The Kier molecular flexibility index (Phi) is 4.74. The number of carbonyl (C=O) groups is 2. The minimum absolute atomic E-state index is 0.0983. The monoisotopic (exact) mass is 328 g/mol. The summed E-state index contributed by atoms with van der Waals surface area (Å²) in [5, 5.41) is 2.62. The van der Waals surface area contributed by atoms with E-state index in [2.05, 4.69) is 5.32 Å². The minimum atomic E-state index is -0.363. The zero-order valence-corrected chi connectivity index (χ0v) is 13.0. The second-order valence-corrected chi connectivity index (χ2v) is 5.49. The first kappa shape index (κ1) is 16.0. The van der Waals surface area contributed by atoms with Crippen molar-refractivity contribution in [1.29, 1.82) is 0 Å². The molecular formula is C18H17FN2O3. The number of anilines is 2. The van der Waals surface area contributed by atoms with Crippen LogP contribution < -0.4 is 15.0 Å².